The van der Waals surface area contributed by atoms with E-state index in [1.165, 1.54) is 0 Å². The van der Waals surface area contributed by atoms with Crippen LogP contribution in [0, 0.1) is 0 Å². The van der Waals surface area contributed by atoms with Crippen LogP contribution in [0.3, 0.4) is 0 Å². The number of hydrogen-bond acceptors (Lipinski definition) is 8. The smallest absolute Gasteiger partial charge is 0.348 e. The number of piperidine rings is 1. The van der Waals surface area contributed by atoms with Crippen molar-refractivity contribution in [1.82, 2.24) is 0 Å². The van der Waals surface area contributed by atoms with E-state index in [2.05, 4.69) is 40.9 Å². The molecule has 3 aliphatic rings. The lowest BCUT2D eigenvalue weighted by atomic mass is 9.94. The summed E-state index contributed by atoms with van der Waals surface area (Å²) < 4.78 is 26.9. The fourth-order valence-corrected chi connectivity index (χ4v) is 10.4. The predicted octanol–water partition coefficient (Wildman–Crippen LogP) is 6.96. The van der Waals surface area contributed by atoms with Gasteiger partial charge >= 0.3 is 5.97 Å². The number of rotatable bonds is 13. The lowest BCUT2D eigenvalue weighted by Gasteiger charge is -2.49. The van der Waals surface area contributed by atoms with E-state index in [9.17, 15) is 9.59 Å². The van der Waals surface area contributed by atoms with E-state index in [4.69, 9.17) is 18.6 Å². The number of hydrogen-bond donors (Lipinski definition) is 0. The van der Waals surface area contributed by atoms with Crippen molar-refractivity contribution >= 4 is 43.2 Å². The summed E-state index contributed by atoms with van der Waals surface area (Å²) >= 11 is 3.11. The summed E-state index contributed by atoms with van der Waals surface area (Å²) in [5.41, 5.74) is -0.285. The van der Waals surface area contributed by atoms with Crippen LogP contribution in [0.1, 0.15) is 55.4 Å². The van der Waals surface area contributed by atoms with Crippen molar-refractivity contribution in [3.63, 3.8) is 0 Å². The number of fused-ring (bicyclic) bond motifs is 5. The van der Waals surface area contributed by atoms with Gasteiger partial charge in [0.15, 0.2) is 8.32 Å². The van der Waals surface area contributed by atoms with Crippen LogP contribution < -0.4 is 4.74 Å². The van der Waals surface area contributed by atoms with Gasteiger partial charge in [0.2, 0.25) is 5.60 Å². The maximum Gasteiger partial charge on any atom is 0.348 e. The first-order valence-corrected chi connectivity index (χ1v) is 20.7. The summed E-state index contributed by atoms with van der Waals surface area (Å²) in [6.07, 6.45) is 4.11. The first kappa shape index (κ1) is 32.6. The Morgan fingerprint density at radius 3 is 2.11 bits per heavy atom. The molecule has 2 bridgehead atoms. The number of benzene rings is 1. The normalized spacial score (nSPS) is 27.6. The molecule has 45 heavy (non-hydrogen) atoms. The standard InChI is InChI=1S/C35H46NO6S2Si/c1-34(2,3)45(5,6)42-35(29-10-7-20-43-29,30-11-8-21-44-30)33(38)40-26-22-27-31-32(41-31)28(23-26)36(27,4)17-9-19-39-25-14-12-24(13-15-25)16-18-37/h7-8,10-15,18,20-21,26-28,31-32H,9,16-17,19,22-23H2,1-6H3/q+1. The molecular formula is C35H46NO6S2Si+. The van der Waals surface area contributed by atoms with Crippen LogP contribution in [0.25, 0.3) is 0 Å². The van der Waals surface area contributed by atoms with Crippen molar-refractivity contribution in [2.24, 2.45) is 0 Å². The molecule has 7 nitrogen and oxygen atoms in total. The largest absolute Gasteiger partial charge is 0.493 e. The first-order chi connectivity index (χ1) is 21.4. The van der Waals surface area contributed by atoms with E-state index in [-0.39, 0.29) is 41.4 Å². The fraction of sp³-hybridized carbons (Fsp3) is 0.543. The van der Waals surface area contributed by atoms with Crippen LogP contribution in [0.4, 0.5) is 0 Å². The molecule has 1 aromatic carbocycles. The summed E-state index contributed by atoms with van der Waals surface area (Å²) in [6.45, 7) is 12.6. The third kappa shape index (κ3) is 6.10. The Morgan fingerprint density at radius 1 is 1.00 bits per heavy atom. The van der Waals surface area contributed by atoms with E-state index < -0.39 is 13.9 Å². The summed E-state index contributed by atoms with van der Waals surface area (Å²) in [5.74, 6) is 0.534. The van der Waals surface area contributed by atoms with E-state index in [0.29, 0.717) is 13.0 Å². The summed E-state index contributed by atoms with van der Waals surface area (Å²) in [7, 11) is -0.0627. The zero-order valence-electron chi connectivity index (χ0n) is 27.2. The Labute approximate surface area is 276 Å². The molecule has 3 saturated heterocycles. The highest BCUT2D eigenvalue weighted by Gasteiger charge is 2.72. The van der Waals surface area contributed by atoms with Gasteiger partial charge in [-0.2, -0.15) is 0 Å². The van der Waals surface area contributed by atoms with Gasteiger partial charge in [0.25, 0.3) is 0 Å². The van der Waals surface area contributed by atoms with Gasteiger partial charge in [0, 0.05) is 25.7 Å². The first-order valence-electron chi connectivity index (χ1n) is 16.0. The number of nitrogens with zero attached hydrogens (tertiary/aromatic N) is 1. The molecule has 0 saturated carbocycles. The van der Waals surface area contributed by atoms with Crippen molar-refractivity contribution in [3.8, 4) is 5.75 Å². The number of carbonyl (C=O) groups excluding carboxylic acids is 2. The number of likely N-dealkylation sites (N-methyl/N-ethyl adjacent to an activating group) is 1. The Morgan fingerprint density at radius 2 is 1.60 bits per heavy atom. The molecule has 6 rings (SSSR count). The molecule has 10 heteroatoms. The molecule has 0 aliphatic carbocycles. The van der Waals surface area contributed by atoms with E-state index in [1.54, 1.807) is 22.7 Å². The highest BCUT2D eigenvalue weighted by molar-refractivity contribution is 7.12. The Hall–Kier alpha value is -2.34. The fourth-order valence-electron chi connectivity index (χ4n) is 7.09. The zero-order chi connectivity index (χ0) is 32.0. The molecule has 4 unspecified atom stereocenters. The number of carbonyl (C=O) groups is 2. The maximum atomic E-state index is 14.6. The van der Waals surface area contributed by atoms with Gasteiger partial charge in [-0.05, 0) is 58.7 Å². The Balaban J connectivity index is 1.16. The molecule has 0 radical (unpaired) electrons. The summed E-state index contributed by atoms with van der Waals surface area (Å²) in [4.78, 5) is 27.2. The van der Waals surface area contributed by atoms with E-state index >= 15 is 0 Å². The minimum absolute atomic E-state index is 0.0849. The summed E-state index contributed by atoms with van der Waals surface area (Å²) in [5, 5.41) is 3.95. The maximum absolute atomic E-state index is 14.6. The number of esters is 1. The molecule has 3 aromatic rings. The molecule has 0 N–H and O–H groups in total. The average molecular weight is 669 g/mol. The number of ether oxygens (including phenoxy) is 3. The van der Waals surface area contributed by atoms with Crippen molar-refractivity contribution in [2.45, 2.75) is 101 Å². The lowest BCUT2D eigenvalue weighted by molar-refractivity contribution is -0.956. The molecule has 4 atom stereocenters. The number of morpholine rings is 1. The molecule has 3 fully saturated rings. The molecule has 3 aliphatic heterocycles. The third-order valence-electron chi connectivity index (χ3n) is 10.7. The number of epoxide rings is 1. The van der Waals surface area contributed by atoms with E-state index in [0.717, 1.165) is 57.6 Å². The monoisotopic (exact) mass is 668 g/mol. The topological polar surface area (TPSA) is 74.4 Å². The Bertz CT molecular complexity index is 1410. The molecule has 242 valence electrons. The quantitative estimate of drug-likeness (QED) is 0.0490. The molecule has 0 spiro atoms. The van der Waals surface area contributed by atoms with Gasteiger partial charge in [-0.15, -0.1) is 22.7 Å². The van der Waals surface area contributed by atoms with Gasteiger partial charge in [0.05, 0.1) is 30.0 Å². The van der Waals surface area contributed by atoms with Crippen molar-refractivity contribution < 1.29 is 32.7 Å². The minimum atomic E-state index is -2.41. The highest BCUT2D eigenvalue weighted by atomic mass is 32.1. The number of quaternary nitrogens is 1. The second-order valence-corrected chi connectivity index (χ2v) is 21.1. The van der Waals surface area contributed by atoms with Gasteiger partial charge in [0.1, 0.15) is 42.4 Å². The van der Waals surface area contributed by atoms with Crippen LogP contribution in [0.2, 0.25) is 18.1 Å². The Kier molecular flexibility index (Phi) is 8.95. The summed E-state index contributed by atoms with van der Waals surface area (Å²) in [6, 6.07) is 16.3. The van der Waals surface area contributed by atoms with Gasteiger partial charge < -0.3 is 27.9 Å². The van der Waals surface area contributed by atoms with Crippen LogP contribution in [0.15, 0.2) is 59.3 Å². The molecule has 2 aromatic heterocycles. The zero-order valence-corrected chi connectivity index (χ0v) is 29.8. The average Bonchev–Trinajstić information content (AvgIpc) is 3.29. The van der Waals surface area contributed by atoms with Gasteiger partial charge in [-0.1, -0.05) is 45.0 Å². The van der Waals surface area contributed by atoms with Crippen LogP contribution in [-0.4, -0.2) is 75.7 Å². The molecular weight excluding hydrogens is 623 g/mol. The number of aldehydes is 1. The second kappa shape index (κ2) is 12.4. The SMILES string of the molecule is CC(C)(C)[Si](C)(C)OC(C(=O)OC1CC2C3OC3C(C1)[N+]2(C)CCCOc1ccc(CC=O)cc1)(c1cccs1)c1cccs1. The highest BCUT2D eigenvalue weighted by Crippen LogP contribution is 2.54. The van der Waals surface area contributed by atoms with Crippen molar-refractivity contribution in [2.75, 3.05) is 20.2 Å². The predicted molar refractivity (Wildman–Crippen MR) is 180 cm³/mol. The number of thiophene rings is 2. The van der Waals surface area contributed by atoms with Crippen molar-refractivity contribution in [1.29, 1.82) is 0 Å². The van der Waals surface area contributed by atoms with E-state index in [1.807, 2.05) is 59.3 Å². The minimum Gasteiger partial charge on any atom is -0.493 e. The van der Waals surface area contributed by atoms with Crippen LogP contribution in [-0.2, 0) is 35.5 Å². The van der Waals surface area contributed by atoms with Gasteiger partial charge in [-0.25, -0.2) is 4.79 Å². The van der Waals surface area contributed by atoms with Crippen LogP contribution in [0.5, 0.6) is 5.75 Å². The van der Waals surface area contributed by atoms with Gasteiger partial charge in [-0.3, -0.25) is 0 Å². The lowest BCUT2D eigenvalue weighted by Crippen LogP contribution is -2.63. The third-order valence-corrected chi connectivity index (χ3v) is 17.0. The van der Waals surface area contributed by atoms with Crippen molar-refractivity contribution in [3.05, 3.63) is 74.6 Å². The second-order valence-electron chi connectivity index (χ2n) is 14.5. The van der Waals surface area contributed by atoms with Crippen LogP contribution >= 0.6 is 22.7 Å². The molecule has 0 amide bonds. The molecule has 5 heterocycles.